The second kappa shape index (κ2) is 8.66. The van der Waals surface area contributed by atoms with Crippen LogP contribution >= 0.6 is 11.8 Å². The lowest BCUT2D eigenvalue weighted by Crippen LogP contribution is -2.01. The van der Waals surface area contributed by atoms with Crippen LogP contribution in [0.5, 0.6) is 11.5 Å². The molecule has 0 fully saturated rings. The molecule has 0 aliphatic rings. The Bertz CT molecular complexity index is 840. The Morgan fingerprint density at radius 2 is 1.88 bits per heavy atom. The summed E-state index contributed by atoms with van der Waals surface area (Å²) in [6.07, 6.45) is 0. The van der Waals surface area contributed by atoms with Gasteiger partial charge in [0.1, 0.15) is 11.5 Å². The van der Waals surface area contributed by atoms with Crippen LogP contribution in [0.4, 0.5) is 8.78 Å². The van der Waals surface area contributed by atoms with E-state index in [1.807, 2.05) is 31.2 Å². The number of alkyl halides is 2. The molecule has 0 atom stereocenters. The van der Waals surface area contributed by atoms with Crippen LogP contribution < -0.4 is 9.47 Å². The van der Waals surface area contributed by atoms with Gasteiger partial charge in [0.25, 0.3) is 11.1 Å². The van der Waals surface area contributed by atoms with Crippen molar-refractivity contribution in [3.63, 3.8) is 0 Å². The van der Waals surface area contributed by atoms with E-state index in [1.54, 1.807) is 12.1 Å². The number of halogens is 2. The summed E-state index contributed by atoms with van der Waals surface area (Å²) < 4.78 is 39.7. The molecule has 0 bridgehead atoms. The normalized spacial score (nSPS) is 10.9. The van der Waals surface area contributed by atoms with E-state index in [0.717, 1.165) is 16.9 Å². The molecule has 0 radical (unpaired) electrons. The molecule has 0 spiro atoms. The monoisotopic (exact) mass is 378 g/mol. The Kier molecular flexibility index (Phi) is 6.06. The van der Waals surface area contributed by atoms with Crippen molar-refractivity contribution in [2.24, 2.45) is 0 Å². The SMILES string of the molecule is Cc1cccc(OCc2nnc(SCc3ccc(OC(F)F)cc3)o2)c1. The highest BCUT2D eigenvalue weighted by Crippen LogP contribution is 2.24. The maximum absolute atomic E-state index is 12.1. The number of benzene rings is 2. The number of aryl methyl sites for hydroxylation is 1. The highest BCUT2D eigenvalue weighted by molar-refractivity contribution is 7.98. The lowest BCUT2D eigenvalue weighted by atomic mass is 10.2. The lowest BCUT2D eigenvalue weighted by Gasteiger charge is -2.05. The Hall–Kier alpha value is -2.61. The first-order chi connectivity index (χ1) is 12.6. The molecule has 0 unspecified atom stereocenters. The summed E-state index contributed by atoms with van der Waals surface area (Å²) in [4.78, 5) is 0. The molecule has 3 rings (SSSR count). The summed E-state index contributed by atoms with van der Waals surface area (Å²) in [7, 11) is 0. The fraction of sp³-hybridized carbons (Fsp3) is 0.222. The molecular formula is C18H16F2N2O3S. The Morgan fingerprint density at radius 1 is 1.08 bits per heavy atom. The average molecular weight is 378 g/mol. The third kappa shape index (κ3) is 5.45. The molecular weight excluding hydrogens is 362 g/mol. The smallest absolute Gasteiger partial charge is 0.387 e. The van der Waals surface area contributed by atoms with Gasteiger partial charge in [0, 0.05) is 5.75 Å². The van der Waals surface area contributed by atoms with E-state index in [-0.39, 0.29) is 12.4 Å². The van der Waals surface area contributed by atoms with Crippen molar-refractivity contribution >= 4 is 11.8 Å². The minimum absolute atomic E-state index is 0.127. The van der Waals surface area contributed by atoms with Crippen LogP contribution in [-0.4, -0.2) is 16.8 Å². The highest BCUT2D eigenvalue weighted by atomic mass is 32.2. The second-order valence-electron chi connectivity index (χ2n) is 5.38. The van der Waals surface area contributed by atoms with Crippen molar-refractivity contribution in [2.75, 3.05) is 0 Å². The first kappa shape index (κ1) is 18.2. The number of ether oxygens (including phenoxy) is 2. The zero-order valence-electron chi connectivity index (χ0n) is 13.9. The number of nitrogens with zero attached hydrogens (tertiary/aromatic N) is 2. The number of hydrogen-bond acceptors (Lipinski definition) is 6. The molecule has 1 aromatic heterocycles. The molecule has 0 aliphatic carbocycles. The fourth-order valence-electron chi connectivity index (χ4n) is 2.12. The van der Waals surface area contributed by atoms with E-state index in [9.17, 15) is 8.78 Å². The molecule has 2 aromatic carbocycles. The van der Waals surface area contributed by atoms with Gasteiger partial charge in [-0.2, -0.15) is 8.78 Å². The fourth-order valence-corrected chi connectivity index (χ4v) is 2.85. The van der Waals surface area contributed by atoms with Gasteiger partial charge >= 0.3 is 6.61 Å². The van der Waals surface area contributed by atoms with Gasteiger partial charge in [-0.3, -0.25) is 0 Å². The molecule has 1 heterocycles. The van der Waals surface area contributed by atoms with Gasteiger partial charge in [-0.05, 0) is 42.3 Å². The van der Waals surface area contributed by atoms with Gasteiger partial charge in [-0.1, -0.05) is 36.0 Å². The van der Waals surface area contributed by atoms with E-state index >= 15 is 0 Å². The summed E-state index contributed by atoms with van der Waals surface area (Å²) in [6, 6.07) is 14.1. The largest absolute Gasteiger partial charge is 0.484 e. The molecule has 26 heavy (non-hydrogen) atoms. The first-order valence-electron chi connectivity index (χ1n) is 7.77. The molecule has 8 heteroatoms. The molecule has 0 aliphatic heterocycles. The summed E-state index contributed by atoms with van der Waals surface area (Å²) >= 11 is 1.35. The van der Waals surface area contributed by atoms with Crippen LogP contribution in [0, 0.1) is 6.92 Å². The topological polar surface area (TPSA) is 57.4 Å². The Morgan fingerprint density at radius 3 is 2.62 bits per heavy atom. The number of hydrogen-bond donors (Lipinski definition) is 0. The van der Waals surface area contributed by atoms with Crippen LogP contribution in [-0.2, 0) is 12.4 Å². The van der Waals surface area contributed by atoms with E-state index in [1.165, 1.54) is 23.9 Å². The lowest BCUT2D eigenvalue weighted by molar-refractivity contribution is -0.0498. The number of rotatable bonds is 8. The molecule has 3 aromatic rings. The summed E-state index contributed by atoms with van der Waals surface area (Å²) in [5.74, 6) is 1.82. The van der Waals surface area contributed by atoms with Crippen LogP contribution in [0.2, 0.25) is 0 Å². The summed E-state index contributed by atoms with van der Waals surface area (Å²) in [5, 5.41) is 8.32. The molecule has 5 nitrogen and oxygen atoms in total. The number of thioether (sulfide) groups is 1. The third-order valence-electron chi connectivity index (χ3n) is 3.31. The minimum atomic E-state index is -2.82. The van der Waals surface area contributed by atoms with Gasteiger partial charge < -0.3 is 13.9 Å². The van der Waals surface area contributed by atoms with Gasteiger partial charge in [-0.25, -0.2) is 0 Å². The van der Waals surface area contributed by atoms with Gasteiger partial charge in [0.15, 0.2) is 6.61 Å². The van der Waals surface area contributed by atoms with Crippen LogP contribution in [0.15, 0.2) is 58.2 Å². The first-order valence-corrected chi connectivity index (χ1v) is 8.75. The van der Waals surface area contributed by atoms with E-state index < -0.39 is 6.61 Å². The second-order valence-corrected chi connectivity index (χ2v) is 6.30. The predicted molar refractivity (Wildman–Crippen MR) is 92.4 cm³/mol. The van der Waals surface area contributed by atoms with Crippen molar-refractivity contribution in [1.29, 1.82) is 0 Å². The van der Waals surface area contributed by atoms with Gasteiger partial charge in [0.2, 0.25) is 0 Å². The average Bonchev–Trinajstić information content (AvgIpc) is 3.07. The van der Waals surface area contributed by atoms with E-state index in [2.05, 4.69) is 14.9 Å². The zero-order valence-corrected chi connectivity index (χ0v) is 14.7. The summed E-state index contributed by atoms with van der Waals surface area (Å²) in [6.45, 7) is -0.647. The Labute approximate surface area is 153 Å². The van der Waals surface area contributed by atoms with Crippen molar-refractivity contribution in [1.82, 2.24) is 10.2 Å². The molecule has 0 saturated carbocycles. The van der Waals surface area contributed by atoms with Gasteiger partial charge in [-0.15, -0.1) is 10.2 Å². The zero-order chi connectivity index (χ0) is 18.4. The van der Waals surface area contributed by atoms with Crippen LogP contribution in [0.3, 0.4) is 0 Å². The minimum Gasteiger partial charge on any atom is -0.484 e. The summed E-state index contributed by atoms with van der Waals surface area (Å²) in [5.41, 5.74) is 2.03. The molecule has 0 amide bonds. The van der Waals surface area contributed by atoms with E-state index in [0.29, 0.717) is 16.9 Å². The maximum Gasteiger partial charge on any atom is 0.387 e. The van der Waals surface area contributed by atoms with Crippen molar-refractivity contribution in [2.45, 2.75) is 31.1 Å². The van der Waals surface area contributed by atoms with E-state index in [4.69, 9.17) is 9.15 Å². The molecule has 0 saturated heterocycles. The van der Waals surface area contributed by atoms with Crippen molar-refractivity contribution in [3.8, 4) is 11.5 Å². The standard InChI is InChI=1S/C18H16F2N2O3S/c1-12-3-2-4-15(9-12)23-10-16-21-22-18(25-16)26-11-13-5-7-14(8-6-13)24-17(19)20/h2-9,17H,10-11H2,1H3. The maximum atomic E-state index is 12.1. The van der Waals surface area contributed by atoms with Gasteiger partial charge in [0.05, 0.1) is 0 Å². The van der Waals surface area contributed by atoms with Crippen LogP contribution in [0.25, 0.3) is 0 Å². The third-order valence-corrected chi connectivity index (χ3v) is 4.20. The highest BCUT2D eigenvalue weighted by Gasteiger charge is 2.09. The predicted octanol–water partition coefficient (Wildman–Crippen LogP) is 4.85. The Balaban J connectivity index is 1.49. The number of aromatic nitrogens is 2. The molecule has 136 valence electrons. The van der Waals surface area contributed by atoms with Crippen LogP contribution in [0.1, 0.15) is 17.0 Å². The van der Waals surface area contributed by atoms with Crippen molar-refractivity contribution in [3.05, 3.63) is 65.5 Å². The quantitative estimate of drug-likeness (QED) is 0.522. The molecule has 0 N–H and O–H groups in total. The van der Waals surface area contributed by atoms with Crippen molar-refractivity contribution < 1.29 is 22.7 Å².